The van der Waals surface area contributed by atoms with Crippen LogP contribution in [-0.4, -0.2) is 51.0 Å². The average molecular weight is 298 g/mol. The predicted molar refractivity (Wildman–Crippen MR) is 68.0 cm³/mol. The van der Waals surface area contributed by atoms with E-state index < -0.39 is 35.7 Å². The van der Waals surface area contributed by atoms with Gasteiger partial charge < -0.3 is 25.2 Å². The number of ether oxygens (including phenoxy) is 1. The van der Waals surface area contributed by atoms with E-state index >= 15 is 0 Å². The van der Waals surface area contributed by atoms with Gasteiger partial charge in [0.1, 0.15) is 6.10 Å². The summed E-state index contributed by atoms with van der Waals surface area (Å²) in [6, 6.07) is 2.92. The molecule has 0 aromatic heterocycles. The molecule has 2 atom stereocenters. The lowest BCUT2D eigenvalue weighted by molar-refractivity contribution is -0.159. The zero-order chi connectivity index (χ0) is 16.2. The molecule has 0 spiro atoms. The van der Waals surface area contributed by atoms with Crippen LogP contribution >= 0.6 is 0 Å². The van der Waals surface area contributed by atoms with Gasteiger partial charge in [0.25, 0.3) is 0 Å². The Hall–Kier alpha value is -2.45. The van der Waals surface area contributed by atoms with E-state index in [1.807, 2.05) is 0 Å². The first kappa shape index (κ1) is 16.6. The van der Waals surface area contributed by atoms with Gasteiger partial charge in [-0.2, -0.15) is 0 Å². The molecule has 0 bridgehead atoms. The van der Waals surface area contributed by atoms with Gasteiger partial charge in [-0.25, -0.2) is 14.4 Å². The van der Waals surface area contributed by atoms with Crippen LogP contribution < -0.4 is 0 Å². The second kappa shape index (κ2) is 6.82. The number of aliphatic hydroxyl groups excluding tert-OH is 2. The number of aliphatic hydroxyl groups is 2. The van der Waals surface area contributed by atoms with Gasteiger partial charge in [-0.1, -0.05) is 6.07 Å². The van der Waals surface area contributed by atoms with Crippen molar-refractivity contribution in [1.29, 1.82) is 0 Å². The Balaban J connectivity index is 3.20. The van der Waals surface area contributed by atoms with Gasteiger partial charge in [-0.05, 0) is 24.6 Å². The molecule has 0 aliphatic heterocycles. The van der Waals surface area contributed by atoms with Gasteiger partial charge in [0.05, 0.1) is 17.7 Å². The number of carboxylic acid groups (broad SMARTS) is 2. The number of carbonyl (C=O) groups is 3. The summed E-state index contributed by atoms with van der Waals surface area (Å²) in [7, 11) is 0. The molecule has 114 valence electrons. The first-order chi connectivity index (χ1) is 9.79. The van der Waals surface area contributed by atoms with Gasteiger partial charge in [0, 0.05) is 0 Å². The molecule has 8 nitrogen and oxygen atoms in total. The van der Waals surface area contributed by atoms with Crippen molar-refractivity contribution in [2.75, 3.05) is 6.61 Å². The maximum absolute atomic E-state index is 11.3. The molecular weight excluding hydrogens is 284 g/mol. The Morgan fingerprint density at radius 3 is 2.24 bits per heavy atom. The van der Waals surface area contributed by atoms with Crippen molar-refractivity contribution < 1.29 is 39.5 Å². The van der Waals surface area contributed by atoms with E-state index in [0.717, 1.165) is 18.2 Å². The SMILES string of the molecule is CCOC(=O)C(O)C(O)c1ccc(C(=O)O)cc1C(=O)O. The number of benzene rings is 1. The quantitative estimate of drug-likeness (QED) is 0.539. The minimum Gasteiger partial charge on any atom is -0.478 e. The molecule has 1 rings (SSSR count). The van der Waals surface area contributed by atoms with Gasteiger partial charge in [0.2, 0.25) is 0 Å². The zero-order valence-electron chi connectivity index (χ0n) is 11.0. The van der Waals surface area contributed by atoms with Crippen LogP contribution in [0.1, 0.15) is 39.3 Å². The van der Waals surface area contributed by atoms with Crippen LogP contribution in [0, 0.1) is 0 Å². The Morgan fingerprint density at radius 2 is 1.76 bits per heavy atom. The standard InChI is InChI=1S/C13H14O8/c1-2-21-13(20)10(15)9(14)7-4-3-6(11(16)17)5-8(7)12(18)19/h3-5,9-10,14-15H,2H2,1H3,(H,16,17)(H,18,19). The van der Waals surface area contributed by atoms with Crippen molar-refractivity contribution in [3.8, 4) is 0 Å². The van der Waals surface area contributed by atoms with Crippen molar-refractivity contribution in [2.24, 2.45) is 0 Å². The number of hydrogen-bond acceptors (Lipinski definition) is 6. The third-order valence-electron chi connectivity index (χ3n) is 2.68. The van der Waals surface area contributed by atoms with Crippen LogP contribution in [0.5, 0.6) is 0 Å². The third kappa shape index (κ3) is 3.77. The molecule has 1 aromatic rings. The molecule has 0 radical (unpaired) electrons. The highest BCUT2D eigenvalue weighted by molar-refractivity contribution is 5.95. The monoisotopic (exact) mass is 298 g/mol. The first-order valence-corrected chi connectivity index (χ1v) is 5.92. The Kier molecular flexibility index (Phi) is 5.39. The molecule has 2 unspecified atom stereocenters. The molecule has 0 saturated carbocycles. The third-order valence-corrected chi connectivity index (χ3v) is 2.68. The van der Waals surface area contributed by atoms with Gasteiger partial charge in [-0.3, -0.25) is 0 Å². The van der Waals surface area contributed by atoms with Crippen molar-refractivity contribution >= 4 is 17.9 Å². The molecule has 0 aliphatic carbocycles. The Morgan fingerprint density at radius 1 is 1.14 bits per heavy atom. The number of hydrogen-bond donors (Lipinski definition) is 4. The maximum Gasteiger partial charge on any atom is 0.338 e. The van der Waals surface area contributed by atoms with Gasteiger partial charge >= 0.3 is 17.9 Å². The number of esters is 1. The first-order valence-electron chi connectivity index (χ1n) is 5.92. The van der Waals surface area contributed by atoms with E-state index in [9.17, 15) is 24.6 Å². The summed E-state index contributed by atoms with van der Waals surface area (Å²) < 4.78 is 4.52. The summed E-state index contributed by atoms with van der Waals surface area (Å²) in [4.78, 5) is 33.3. The van der Waals surface area contributed by atoms with Crippen LogP contribution in [-0.2, 0) is 9.53 Å². The van der Waals surface area contributed by atoms with E-state index in [2.05, 4.69) is 4.74 Å². The lowest BCUT2D eigenvalue weighted by atomic mass is 9.96. The summed E-state index contributed by atoms with van der Waals surface area (Å²) in [6.07, 6.45) is -3.82. The van der Waals surface area contributed by atoms with Crippen molar-refractivity contribution in [1.82, 2.24) is 0 Å². The second-order valence-corrected chi connectivity index (χ2v) is 4.05. The number of aromatic carboxylic acids is 2. The molecule has 0 heterocycles. The molecule has 0 aliphatic rings. The summed E-state index contributed by atoms with van der Waals surface area (Å²) in [5.41, 5.74) is -1.10. The van der Waals surface area contributed by atoms with Crippen LogP contribution in [0.15, 0.2) is 18.2 Å². The fraction of sp³-hybridized carbons (Fsp3) is 0.308. The molecule has 1 aromatic carbocycles. The fourth-order valence-electron chi connectivity index (χ4n) is 1.66. The van der Waals surface area contributed by atoms with E-state index in [4.69, 9.17) is 10.2 Å². The molecule has 0 fully saturated rings. The smallest absolute Gasteiger partial charge is 0.338 e. The summed E-state index contributed by atoms with van der Waals surface area (Å²) in [6.45, 7) is 1.48. The van der Waals surface area contributed by atoms with Crippen LogP contribution in [0.2, 0.25) is 0 Å². The maximum atomic E-state index is 11.3. The second-order valence-electron chi connectivity index (χ2n) is 4.05. The number of carboxylic acids is 2. The fourth-order valence-corrected chi connectivity index (χ4v) is 1.66. The molecule has 0 amide bonds. The summed E-state index contributed by atoms with van der Waals surface area (Å²) in [5, 5.41) is 37.4. The molecular formula is C13H14O8. The van der Waals surface area contributed by atoms with Crippen molar-refractivity contribution in [2.45, 2.75) is 19.1 Å². The van der Waals surface area contributed by atoms with Crippen LogP contribution in [0.3, 0.4) is 0 Å². The van der Waals surface area contributed by atoms with Crippen molar-refractivity contribution in [3.63, 3.8) is 0 Å². The van der Waals surface area contributed by atoms with E-state index in [0.29, 0.717) is 0 Å². The predicted octanol–water partition coefficient (Wildman–Crippen LogP) is 0.0404. The van der Waals surface area contributed by atoms with Gasteiger partial charge in [-0.15, -0.1) is 0 Å². The molecule has 0 saturated heterocycles. The molecule has 4 N–H and O–H groups in total. The van der Waals surface area contributed by atoms with E-state index in [-0.39, 0.29) is 17.7 Å². The largest absolute Gasteiger partial charge is 0.478 e. The van der Waals surface area contributed by atoms with Crippen molar-refractivity contribution in [3.05, 3.63) is 34.9 Å². The minimum absolute atomic E-state index is 0.0215. The highest BCUT2D eigenvalue weighted by Crippen LogP contribution is 2.23. The zero-order valence-corrected chi connectivity index (χ0v) is 11.0. The molecule has 8 heteroatoms. The molecule has 21 heavy (non-hydrogen) atoms. The van der Waals surface area contributed by atoms with E-state index in [1.165, 1.54) is 6.92 Å². The van der Waals surface area contributed by atoms with Gasteiger partial charge in [0.15, 0.2) is 6.10 Å². The average Bonchev–Trinajstić information content (AvgIpc) is 2.45. The number of rotatable bonds is 6. The highest BCUT2D eigenvalue weighted by Gasteiger charge is 2.30. The Bertz CT molecular complexity index is 565. The lowest BCUT2D eigenvalue weighted by Gasteiger charge is -2.18. The van der Waals surface area contributed by atoms with E-state index in [1.54, 1.807) is 0 Å². The summed E-state index contributed by atoms with van der Waals surface area (Å²) >= 11 is 0. The topological polar surface area (TPSA) is 141 Å². The number of carbonyl (C=O) groups excluding carboxylic acids is 1. The van der Waals surface area contributed by atoms with Crippen LogP contribution in [0.25, 0.3) is 0 Å². The lowest BCUT2D eigenvalue weighted by Crippen LogP contribution is -2.31. The minimum atomic E-state index is -1.97. The Labute approximate surface area is 119 Å². The summed E-state index contributed by atoms with van der Waals surface area (Å²) in [5.74, 6) is -3.95. The van der Waals surface area contributed by atoms with Crippen LogP contribution in [0.4, 0.5) is 0 Å². The highest BCUT2D eigenvalue weighted by atomic mass is 16.5. The normalized spacial score (nSPS) is 13.3.